The van der Waals surface area contributed by atoms with E-state index in [0.717, 1.165) is 75.0 Å². The summed E-state index contributed by atoms with van der Waals surface area (Å²) in [7, 11) is 0. The Labute approximate surface area is 213 Å². The Morgan fingerprint density at radius 2 is 1.94 bits per heavy atom. The van der Waals surface area contributed by atoms with Crippen LogP contribution in [-0.2, 0) is 32.6 Å². The van der Waals surface area contributed by atoms with Gasteiger partial charge in [0.1, 0.15) is 11.9 Å². The summed E-state index contributed by atoms with van der Waals surface area (Å²) < 4.78 is 5.97. The van der Waals surface area contributed by atoms with Crippen molar-refractivity contribution in [3.63, 3.8) is 0 Å². The third-order valence-corrected chi connectivity index (χ3v) is 8.28. The average Bonchev–Trinajstić information content (AvgIpc) is 2.84. The quantitative estimate of drug-likeness (QED) is 0.435. The van der Waals surface area contributed by atoms with Gasteiger partial charge in [0.25, 0.3) is 0 Å². The molecule has 2 aromatic rings. The predicted octanol–water partition coefficient (Wildman–Crippen LogP) is 4.25. The molecule has 0 bridgehead atoms. The highest BCUT2D eigenvalue weighted by Gasteiger charge is 2.46. The Hall–Kier alpha value is -2.93. The van der Waals surface area contributed by atoms with Gasteiger partial charge < -0.3 is 20.5 Å². The van der Waals surface area contributed by atoms with Crippen LogP contribution in [0.2, 0.25) is 0 Å². The van der Waals surface area contributed by atoms with Crippen molar-refractivity contribution in [2.45, 2.75) is 81.8 Å². The number of amides is 1. The zero-order chi connectivity index (χ0) is 25.0. The topological polar surface area (TPSA) is 101 Å². The fourth-order valence-corrected chi connectivity index (χ4v) is 5.75. The van der Waals surface area contributed by atoms with Crippen LogP contribution in [0.1, 0.15) is 68.2 Å². The second kappa shape index (κ2) is 11.0. The Bertz CT molecular complexity index is 1060. The van der Waals surface area contributed by atoms with Crippen LogP contribution >= 0.6 is 0 Å². The molecule has 3 N–H and O–H groups in total. The van der Waals surface area contributed by atoms with Gasteiger partial charge in [-0.1, -0.05) is 42.8 Å². The van der Waals surface area contributed by atoms with Gasteiger partial charge in [0, 0.05) is 25.3 Å². The van der Waals surface area contributed by atoms with Gasteiger partial charge in [-0.3, -0.25) is 4.79 Å². The Balaban J connectivity index is 1.03. The molecule has 3 aliphatic rings. The summed E-state index contributed by atoms with van der Waals surface area (Å²) >= 11 is 0. The predicted molar refractivity (Wildman–Crippen MR) is 138 cm³/mol. The first-order chi connectivity index (χ1) is 17.5. The highest BCUT2D eigenvalue weighted by molar-refractivity contribution is 5.92. The fourth-order valence-electron chi connectivity index (χ4n) is 5.75. The molecule has 0 saturated heterocycles. The first-order valence-corrected chi connectivity index (χ1v) is 13.5. The normalized spacial score (nSPS) is 22.8. The van der Waals surface area contributed by atoms with Crippen molar-refractivity contribution in [1.29, 1.82) is 0 Å². The number of carbonyl (C=O) groups excluding carboxylic acids is 1. The van der Waals surface area contributed by atoms with Crippen molar-refractivity contribution in [1.82, 2.24) is 10.3 Å². The molecular formula is C29H37N3O4. The maximum atomic E-state index is 13.1. The molecule has 2 saturated carbocycles. The summed E-state index contributed by atoms with van der Waals surface area (Å²) in [6.45, 7) is 1.34. The van der Waals surface area contributed by atoms with Crippen LogP contribution in [0.25, 0.3) is 0 Å². The van der Waals surface area contributed by atoms with Gasteiger partial charge in [-0.05, 0) is 74.5 Å². The summed E-state index contributed by atoms with van der Waals surface area (Å²) in [5.41, 5.74) is 2.84. The summed E-state index contributed by atoms with van der Waals surface area (Å²) in [5.74, 6) is 0.496. The number of carboxylic acids is 1. The molecule has 1 aromatic carbocycles. The van der Waals surface area contributed by atoms with E-state index in [9.17, 15) is 14.7 Å². The highest BCUT2D eigenvalue weighted by Crippen LogP contribution is 2.44. The summed E-state index contributed by atoms with van der Waals surface area (Å²) in [5, 5.41) is 15.9. The number of anilines is 1. The number of nitrogens with one attached hydrogen (secondary N) is 2. The van der Waals surface area contributed by atoms with E-state index in [2.05, 4.69) is 22.8 Å². The zero-order valence-electron chi connectivity index (χ0n) is 20.9. The lowest BCUT2D eigenvalue weighted by molar-refractivity contribution is -0.144. The standard InChI is InChI=1S/C29H37N3O4/c33-27(34)25(32-28(35)29(14-5-15-29)22-7-2-1-3-8-22)13-17-36-24-18-20(19-24)9-11-23-12-10-21-6-4-16-30-26(21)31-23/h1-3,7-8,10,12,20,24-25H,4-6,9,11,13-19H2,(H,30,31)(H,32,35)(H,33,34)/t20-,24-,25?. The number of hydrogen-bond acceptors (Lipinski definition) is 5. The molecule has 2 heterocycles. The van der Waals surface area contributed by atoms with Crippen LogP contribution in [-0.4, -0.2) is 47.3 Å². The Morgan fingerprint density at radius 3 is 2.67 bits per heavy atom. The molecule has 0 spiro atoms. The first kappa shape index (κ1) is 24.8. The third kappa shape index (κ3) is 5.41. The number of benzene rings is 1. The number of carboxylic acid groups (broad SMARTS) is 1. The molecular weight excluding hydrogens is 454 g/mol. The number of hydrogen-bond donors (Lipinski definition) is 3. The Morgan fingerprint density at radius 1 is 1.14 bits per heavy atom. The van der Waals surface area contributed by atoms with Crippen LogP contribution in [0.3, 0.4) is 0 Å². The van der Waals surface area contributed by atoms with Gasteiger partial charge in [-0.15, -0.1) is 0 Å². The van der Waals surface area contributed by atoms with Gasteiger partial charge in [-0.2, -0.15) is 0 Å². The van der Waals surface area contributed by atoms with Gasteiger partial charge in [0.15, 0.2) is 0 Å². The fraction of sp³-hybridized carbons (Fsp3) is 0.552. The van der Waals surface area contributed by atoms with Crippen molar-refractivity contribution < 1.29 is 19.4 Å². The molecule has 1 amide bonds. The molecule has 1 atom stereocenters. The van der Waals surface area contributed by atoms with E-state index in [4.69, 9.17) is 9.72 Å². The average molecular weight is 492 g/mol. The maximum absolute atomic E-state index is 13.1. The Kier molecular flexibility index (Phi) is 7.56. The van der Waals surface area contributed by atoms with Crippen molar-refractivity contribution in [2.24, 2.45) is 5.92 Å². The first-order valence-electron chi connectivity index (χ1n) is 13.5. The van der Waals surface area contributed by atoms with Gasteiger partial charge in [0.2, 0.25) is 5.91 Å². The molecule has 5 rings (SSSR count). The van der Waals surface area contributed by atoms with Gasteiger partial charge in [0.05, 0.1) is 11.5 Å². The maximum Gasteiger partial charge on any atom is 0.326 e. The van der Waals surface area contributed by atoms with Crippen LogP contribution in [0.5, 0.6) is 0 Å². The number of carbonyl (C=O) groups is 2. The lowest BCUT2D eigenvalue weighted by atomic mass is 9.63. The number of aromatic nitrogens is 1. The minimum Gasteiger partial charge on any atom is -0.480 e. The molecule has 2 aliphatic carbocycles. The van der Waals surface area contributed by atoms with Crippen molar-refractivity contribution in [3.05, 3.63) is 59.3 Å². The third-order valence-electron chi connectivity index (χ3n) is 8.28. The molecule has 7 nitrogen and oxygen atoms in total. The van der Waals surface area contributed by atoms with E-state index < -0.39 is 17.4 Å². The van der Waals surface area contributed by atoms with E-state index >= 15 is 0 Å². The zero-order valence-corrected chi connectivity index (χ0v) is 20.9. The van der Waals surface area contributed by atoms with Crippen LogP contribution in [0.4, 0.5) is 5.82 Å². The second-order valence-electron chi connectivity index (χ2n) is 10.7. The number of aryl methyl sites for hydroxylation is 2. The van der Waals surface area contributed by atoms with Crippen LogP contribution < -0.4 is 10.6 Å². The number of nitrogens with zero attached hydrogens (tertiary/aromatic N) is 1. The van der Waals surface area contributed by atoms with E-state index in [1.165, 1.54) is 12.0 Å². The monoisotopic (exact) mass is 491 g/mol. The van der Waals surface area contributed by atoms with Crippen molar-refractivity contribution >= 4 is 17.7 Å². The minimum absolute atomic E-state index is 0.179. The summed E-state index contributed by atoms with van der Waals surface area (Å²) in [6, 6.07) is 13.1. The van der Waals surface area contributed by atoms with Crippen molar-refractivity contribution in [2.75, 3.05) is 18.5 Å². The molecule has 2 fully saturated rings. The van der Waals surface area contributed by atoms with E-state index in [1.54, 1.807) is 0 Å². The number of pyridine rings is 1. The minimum atomic E-state index is -1.01. The summed E-state index contributed by atoms with van der Waals surface area (Å²) in [6.07, 6.45) is 9.31. The van der Waals surface area contributed by atoms with E-state index in [0.29, 0.717) is 12.5 Å². The van der Waals surface area contributed by atoms with E-state index in [-0.39, 0.29) is 18.4 Å². The molecule has 1 aromatic heterocycles. The number of fused-ring (bicyclic) bond motifs is 1. The number of aliphatic carboxylic acids is 1. The van der Waals surface area contributed by atoms with E-state index in [1.807, 2.05) is 30.3 Å². The van der Waals surface area contributed by atoms with Crippen LogP contribution in [0.15, 0.2) is 42.5 Å². The highest BCUT2D eigenvalue weighted by atomic mass is 16.5. The largest absolute Gasteiger partial charge is 0.480 e. The van der Waals surface area contributed by atoms with Gasteiger partial charge in [-0.25, -0.2) is 9.78 Å². The second-order valence-corrected chi connectivity index (χ2v) is 10.7. The smallest absolute Gasteiger partial charge is 0.326 e. The molecule has 7 heteroatoms. The van der Waals surface area contributed by atoms with Crippen LogP contribution in [0, 0.1) is 5.92 Å². The van der Waals surface area contributed by atoms with Gasteiger partial charge >= 0.3 is 5.97 Å². The molecule has 1 aliphatic heterocycles. The lowest BCUT2D eigenvalue weighted by Gasteiger charge is -2.41. The molecule has 0 radical (unpaired) electrons. The SMILES string of the molecule is O=C(O)C(CCO[C@H]1C[C@H](CCc2ccc3c(n2)NCCC3)C1)NC(=O)C1(c2ccccc2)CCC1. The molecule has 36 heavy (non-hydrogen) atoms. The number of ether oxygens (including phenoxy) is 1. The van der Waals surface area contributed by atoms with Crippen molar-refractivity contribution in [3.8, 4) is 0 Å². The lowest BCUT2D eigenvalue weighted by Crippen LogP contribution is -2.54. The molecule has 1 unspecified atom stereocenters. The number of rotatable bonds is 11. The summed E-state index contributed by atoms with van der Waals surface area (Å²) in [4.78, 5) is 29.7. The molecule has 192 valence electrons.